The van der Waals surface area contributed by atoms with Crippen molar-refractivity contribution in [2.75, 3.05) is 0 Å². The van der Waals surface area contributed by atoms with Gasteiger partial charge in [0.15, 0.2) is 0 Å². The zero-order valence-electron chi connectivity index (χ0n) is 11.7. The maximum Gasteiger partial charge on any atom is 0.0946 e. The van der Waals surface area contributed by atoms with Crippen molar-refractivity contribution in [3.63, 3.8) is 0 Å². The van der Waals surface area contributed by atoms with Gasteiger partial charge < -0.3 is 4.57 Å². The molecule has 1 atom stereocenters. The van der Waals surface area contributed by atoms with Crippen LogP contribution in [0.15, 0.2) is 72.1 Å². The van der Waals surface area contributed by atoms with E-state index in [0.29, 0.717) is 0 Å². The molecular weight excluding hydrogens is 335 g/mol. The summed E-state index contributed by atoms with van der Waals surface area (Å²) < 4.78 is 2.07. The first-order chi connectivity index (χ1) is 10.7. The van der Waals surface area contributed by atoms with E-state index in [9.17, 15) is 0 Å². The van der Waals surface area contributed by atoms with Crippen LogP contribution in [-0.2, 0) is 6.54 Å². The van der Waals surface area contributed by atoms with Crippen molar-refractivity contribution in [1.82, 2.24) is 9.55 Å². The standard InChI is InChI=1S/C17H14Cl2N2S/c18-14-7-5-13(6-8-14)17(11-21-10-9-20-12-21)22-16-4-2-1-3-15(16)19/h1-10,12,17H,11H2. The zero-order chi connectivity index (χ0) is 15.4. The molecule has 1 aromatic heterocycles. The molecule has 2 aromatic carbocycles. The molecule has 0 spiro atoms. The minimum Gasteiger partial charge on any atom is -0.336 e. The highest BCUT2D eigenvalue weighted by Gasteiger charge is 2.15. The molecule has 0 amide bonds. The van der Waals surface area contributed by atoms with Crippen molar-refractivity contribution in [3.8, 4) is 0 Å². The Kier molecular flexibility index (Phi) is 5.08. The lowest BCUT2D eigenvalue weighted by molar-refractivity contribution is 0.683. The van der Waals surface area contributed by atoms with Crippen molar-refractivity contribution in [2.45, 2.75) is 16.7 Å². The van der Waals surface area contributed by atoms with Gasteiger partial charge in [-0.25, -0.2) is 4.98 Å². The maximum absolute atomic E-state index is 6.30. The van der Waals surface area contributed by atoms with Crippen LogP contribution < -0.4 is 0 Å². The van der Waals surface area contributed by atoms with E-state index in [1.54, 1.807) is 18.0 Å². The van der Waals surface area contributed by atoms with E-state index >= 15 is 0 Å². The summed E-state index contributed by atoms with van der Waals surface area (Å²) in [6.45, 7) is 0.817. The highest BCUT2D eigenvalue weighted by atomic mass is 35.5. The van der Waals surface area contributed by atoms with Crippen LogP contribution in [0.1, 0.15) is 10.8 Å². The van der Waals surface area contributed by atoms with Gasteiger partial charge in [0.25, 0.3) is 0 Å². The SMILES string of the molecule is Clc1ccc(C(Cn2ccnc2)Sc2ccccc2Cl)cc1. The van der Waals surface area contributed by atoms with E-state index in [-0.39, 0.29) is 5.25 Å². The highest BCUT2D eigenvalue weighted by Crippen LogP contribution is 2.39. The fourth-order valence-electron chi connectivity index (χ4n) is 2.17. The second kappa shape index (κ2) is 7.23. The molecule has 0 aliphatic carbocycles. The summed E-state index contributed by atoms with van der Waals surface area (Å²) in [5.74, 6) is 0. The molecule has 112 valence electrons. The number of thioether (sulfide) groups is 1. The fourth-order valence-corrected chi connectivity index (χ4v) is 3.75. The topological polar surface area (TPSA) is 17.8 Å². The Balaban J connectivity index is 1.88. The Labute approximate surface area is 144 Å². The number of nitrogens with zero attached hydrogens (tertiary/aromatic N) is 2. The molecule has 1 heterocycles. The third-order valence-electron chi connectivity index (χ3n) is 3.28. The number of aromatic nitrogens is 2. The quantitative estimate of drug-likeness (QED) is 0.548. The summed E-state index contributed by atoms with van der Waals surface area (Å²) in [5, 5.41) is 1.75. The third kappa shape index (κ3) is 3.86. The first-order valence-corrected chi connectivity index (χ1v) is 8.48. The zero-order valence-corrected chi connectivity index (χ0v) is 14.0. The van der Waals surface area contributed by atoms with Crippen LogP contribution in [0, 0.1) is 0 Å². The monoisotopic (exact) mass is 348 g/mol. The number of hydrogen-bond acceptors (Lipinski definition) is 2. The van der Waals surface area contributed by atoms with E-state index in [0.717, 1.165) is 21.5 Å². The number of rotatable bonds is 5. The molecule has 0 saturated carbocycles. The number of halogens is 2. The lowest BCUT2D eigenvalue weighted by atomic mass is 10.1. The van der Waals surface area contributed by atoms with E-state index in [1.807, 2.05) is 48.9 Å². The predicted octanol–water partition coefficient (Wildman–Crippen LogP) is 5.72. The Morgan fingerprint density at radius 3 is 2.50 bits per heavy atom. The summed E-state index contributed by atoms with van der Waals surface area (Å²) in [4.78, 5) is 5.19. The van der Waals surface area contributed by atoms with Gasteiger partial charge >= 0.3 is 0 Å². The normalized spacial score (nSPS) is 12.3. The highest BCUT2D eigenvalue weighted by molar-refractivity contribution is 7.99. The van der Waals surface area contributed by atoms with Gasteiger partial charge in [-0.1, -0.05) is 47.5 Å². The first-order valence-electron chi connectivity index (χ1n) is 6.85. The Hall–Kier alpha value is -1.42. The molecule has 3 rings (SSSR count). The van der Waals surface area contributed by atoms with Gasteiger partial charge in [-0.2, -0.15) is 0 Å². The minimum atomic E-state index is 0.228. The van der Waals surface area contributed by atoms with Gasteiger partial charge in [0, 0.05) is 28.9 Å². The number of imidazole rings is 1. The van der Waals surface area contributed by atoms with Crippen LogP contribution in [0.4, 0.5) is 0 Å². The smallest absolute Gasteiger partial charge is 0.0946 e. The Morgan fingerprint density at radius 1 is 1.05 bits per heavy atom. The van der Waals surface area contributed by atoms with Crippen LogP contribution in [0.25, 0.3) is 0 Å². The number of benzene rings is 2. The molecule has 5 heteroatoms. The summed E-state index contributed by atoms with van der Waals surface area (Å²) in [6.07, 6.45) is 5.59. The molecule has 1 unspecified atom stereocenters. The van der Waals surface area contributed by atoms with Gasteiger partial charge in [0.1, 0.15) is 0 Å². The molecule has 0 aliphatic rings. The Bertz CT molecular complexity index is 727. The van der Waals surface area contributed by atoms with E-state index in [2.05, 4.69) is 21.7 Å². The largest absolute Gasteiger partial charge is 0.336 e. The van der Waals surface area contributed by atoms with Crippen molar-refractivity contribution >= 4 is 35.0 Å². The lowest BCUT2D eigenvalue weighted by Gasteiger charge is -2.18. The molecule has 3 aromatic rings. The summed E-state index contributed by atoms with van der Waals surface area (Å²) in [5.41, 5.74) is 1.21. The van der Waals surface area contributed by atoms with Crippen molar-refractivity contribution in [3.05, 3.63) is 82.9 Å². The van der Waals surface area contributed by atoms with Crippen molar-refractivity contribution in [2.24, 2.45) is 0 Å². The minimum absolute atomic E-state index is 0.228. The van der Waals surface area contributed by atoms with E-state index < -0.39 is 0 Å². The van der Waals surface area contributed by atoms with Crippen LogP contribution >= 0.6 is 35.0 Å². The average molecular weight is 349 g/mol. The van der Waals surface area contributed by atoms with Crippen molar-refractivity contribution < 1.29 is 0 Å². The van der Waals surface area contributed by atoms with Gasteiger partial charge in [-0.05, 0) is 29.8 Å². The van der Waals surface area contributed by atoms with Gasteiger partial charge in [-0.15, -0.1) is 11.8 Å². The molecule has 0 saturated heterocycles. The molecule has 0 fully saturated rings. The van der Waals surface area contributed by atoms with Crippen LogP contribution in [0.5, 0.6) is 0 Å². The molecule has 0 aliphatic heterocycles. The predicted molar refractivity (Wildman–Crippen MR) is 93.7 cm³/mol. The van der Waals surface area contributed by atoms with Crippen molar-refractivity contribution in [1.29, 1.82) is 0 Å². The summed E-state index contributed by atoms with van der Waals surface area (Å²) >= 11 is 14.1. The van der Waals surface area contributed by atoms with Crippen LogP contribution in [0.2, 0.25) is 10.0 Å². The lowest BCUT2D eigenvalue weighted by Crippen LogP contribution is -2.05. The van der Waals surface area contributed by atoms with Crippen LogP contribution in [-0.4, -0.2) is 9.55 Å². The molecule has 22 heavy (non-hydrogen) atoms. The average Bonchev–Trinajstić information content (AvgIpc) is 3.03. The second-order valence-electron chi connectivity index (χ2n) is 4.85. The molecule has 0 radical (unpaired) electrons. The summed E-state index contributed by atoms with van der Waals surface area (Å²) in [7, 11) is 0. The van der Waals surface area contributed by atoms with Crippen LogP contribution in [0.3, 0.4) is 0 Å². The first kappa shape index (κ1) is 15.5. The molecule has 0 N–H and O–H groups in total. The van der Waals surface area contributed by atoms with Gasteiger partial charge in [0.05, 0.1) is 16.6 Å². The van der Waals surface area contributed by atoms with E-state index in [4.69, 9.17) is 23.2 Å². The Morgan fingerprint density at radius 2 is 1.82 bits per heavy atom. The second-order valence-corrected chi connectivity index (χ2v) is 6.94. The van der Waals surface area contributed by atoms with Gasteiger partial charge in [-0.3, -0.25) is 0 Å². The fraction of sp³-hybridized carbons (Fsp3) is 0.118. The van der Waals surface area contributed by atoms with Gasteiger partial charge in [0.2, 0.25) is 0 Å². The van der Waals surface area contributed by atoms with E-state index in [1.165, 1.54) is 5.56 Å². The molecular formula is C17H14Cl2N2S. The summed E-state index contributed by atoms with van der Waals surface area (Å²) in [6, 6.07) is 15.9. The molecule has 0 bridgehead atoms. The number of hydrogen-bond donors (Lipinski definition) is 0. The molecule has 2 nitrogen and oxygen atoms in total. The third-order valence-corrected chi connectivity index (χ3v) is 5.29. The maximum atomic E-state index is 6.30.